The van der Waals surface area contributed by atoms with E-state index in [-0.39, 0.29) is 11.4 Å². The lowest BCUT2D eigenvalue weighted by molar-refractivity contribution is -0.133. The molecule has 0 bridgehead atoms. The molecule has 1 aromatic heterocycles. The lowest BCUT2D eigenvalue weighted by atomic mass is 9.85. The van der Waals surface area contributed by atoms with E-state index in [1.807, 2.05) is 23.1 Å². The third-order valence-electron chi connectivity index (χ3n) is 5.86. The van der Waals surface area contributed by atoms with Crippen molar-refractivity contribution in [1.29, 1.82) is 0 Å². The molecule has 5 nitrogen and oxygen atoms in total. The van der Waals surface area contributed by atoms with E-state index in [0.29, 0.717) is 12.5 Å². The Bertz CT molecular complexity index is 541. The smallest absolute Gasteiger partial charge is 0.228 e. The molecule has 1 spiro atoms. The van der Waals surface area contributed by atoms with E-state index in [1.54, 1.807) is 6.20 Å². The molecule has 3 heterocycles. The molecule has 5 heteroatoms. The van der Waals surface area contributed by atoms with Crippen LogP contribution >= 0.6 is 0 Å². The third kappa shape index (κ3) is 3.62. The molecule has 2 aliphatic heterocycles. The van der Waals surface area contributed by atoms with Gasteiger partial charge in [0, 0.05) is 43.2 Å². The number of aromatic nitrogens is 1. The quantitative estimate of drug-likeness (QED) is 0.829. The van der Waals surface area contributed by atoms with Crippen molar-refractivity contribution in [2.45, 2.75) is 50.6 Å². The first-order valence-electron chi connectivity index (χ1n) is 9.13. The minimum absolute atomic E-state index is 0.204. The molecule has 0 saturated carbocycles. The molecule has 0 N–H and O–H groups in total. The predicted molar refractivity (Wildman–Crippen MR) is 93.8 cm³/mol. The second-order valence-corrected chi connectivity index (χ2v) is 7.07. The number of rotatable bonds is 5. The largest absolute Gasteiger partial charge is 0.380 e. The van der Waals surface area contributed by atoms with Crippen LogP contribution in [0.4, 0.5) is 0 Å². The lowest BCUT2D eigenvalue weighted by Crippen LogP contribution is -2.54. The molecule has 2 saturated heterocycles. The SMILES string of the molecule is CCOC[C@H]1CCC2(CCN(C(=O)Cc3ccccn3)CC2)N1C. The number of pyridine rings is 1. The maximum Gasteiger partial charge on any atom is 0.228 e. The van der Waals surface area contributed by atoms with Crippen molar-refractivity contribution < 1.29 is 9.53 Å². The van der Waals surface area contributed by atoms with Gasteiger partial charge in [-0.05, 0) is 51.8 Å². The van der Waals surface area contributed by atoms with Crippen LogP contribution in [0.3, 0.4) is 0 Å². The van der Waals surface area contributed by atoms with Crippen LogP contribution in [0.2, 0.25) is 0 Å². The molecule has 0 unspecified atom stereocenters. The van der Waals surface area contributed by atoms with Gasteiger partial charge in [-0.25, -0.2) is 0 Å². The summed E-state index contributed by atoms with van der Waals surface area (Å²) in [6, 6.07) is 6.27. The monoisotopic (exact) mass is 331 g/mol. The average Bonchev–Trinajstić information content (AvgIpc) is 2.91. The fourth-order valence-corrected chi connectivity index (χ4v) is 4.19. The topological polar surface area (TPSA) is 45.7 Å². The molecule has 1 amide bonds. The minimum Gasteiger partial charge on any atom is -0.380 e. The molecule has 3 rings (SSSR count). The fourth-order valence-electron chi connectivity index (χ4n) is 4.19. The van der Waals surface area contributed by atoms with E-state index < -0.39 is 0 Å². The standard InChI is InChI=1S/C19H29N3O2/c1-3-24-15-17-7-8-19(21(17)2)9-12-22(13-10-19)18(23)14-16-6-4-5-11-20-16/h4-6,11,17H,3,7-10,12-15H2,1-2H3/t17-/m1/s1. The van der Waals surface area contributed by atoms with Crippen LogP contribution in [0.15, 0.2) is 24.4 Å². The summed E-state index contributed by atoms with van der Waals surface area (Å²) in [4.78, 5) is 21.3. The first-order chi connectivity index (χ1) is 11.6. The highest BCUT2D eigenvalue weighted by molar-refractivity contribution is 5.78. The molecular formula is C19H29N3O2. The van der Waals surface area contributed by atoms with E-state index in [1.165, 1.54) is 12.8 Å². The summed E-state index contributed by atoms with van der Waals surface area (Å²) in [6.45, 7) is 5.38. The van der Waals surface area contributed by atoms with E-state index in [2.05, 4.69) is 23.9 Å². The van der Waals surface area contributed by atoms with Crippen LogP contribution in [0.5, 0.6) is 0 Å². The van der Waals surface area contributed by atoms with E-state index in [4.69, 9.17) is 4.74 Å². The van der Waals surface area contributed by atoms with Crippen LogP contribution in [0, 0.1) is 0 Å². The fraction of sp³-hybridized carbons (Fsp3) is 0.684. The van der Waals surface area contributed by atoms with E-state index in [0.717, 1.165) is 44.8 Å². The zero-order valence-electron chi connectivity index (χ0n) is 14.9. The Balaban J connectivity index is 1.53. The first-order valence-corrected chi connectivity index (χ1v) is 9.13. The Labute approximate surface area is 145 Å². The highest BCUT2D eigenvalue weighted by atomic mass is 16.5. The molecule has 1 aromatic rings. The van der Waals surface area contributed by atoms with Crippen LogP contribution < -0.4 is 0 Å². The van der Waals surface area contributed by atoms with Gasteiger partial charge in [-0.15, -0.1) is 0 Å². The first kappa shape index (κ1) is 17.4. The number of ether oxygens (including phenoxy) is 1. The number of carbonyl (C=O) groups excluding carboxylic acids is 1. The van der Waals surface area contributed by atoms with Crippen molar-refractivity contribution in [3.05, 3.63) is 30.1 Å². The van der Waals surface area contributed by atoms with Crippen molar-refractivity contribution in [2.75, 3.05) is 33.4 Å². The molecule has 2 aliphatic rings. The minimum atomic E-state index is 0.204. The number of likely N-dealkylation sites (N-methyl/N-ethyl adjacent to an activating group) is 1. The van der Waals surface area contributed by atoms with Crippen molar-refractivity contribution in [3.63, 3.8) is 0 Å². The third-order valence-corrected chi connectivity index (χ3v) is 5.86. The number of amides is 1. The van der Waals surface area contributed by atoms with Gasteiger partial charge in [0.1, 0.15) is 0 Å². The number of likely N-dealkylation sites (tertiary alicyclic amines) is 2. The summed E-state index contributed by atoms with van der Waals surface area (Å²) in [7, 11) is 2.24. The molecule has 24 heavy (non-hydrogen) atoms. The van der Waals surface area contributed by atoms with Gasteiger partial charge in [0.2, 0.25) is 5.91 Å². The molecule has 0 aromatic carbocycles. The van der Waals surface area contributed by atoms with Gasteiger partial charge < -0.3 is 9.64 Å². The van der Waals surface area contributed by atoms with Gasteiger partial charge in [-0.2, -0.15) is 0 Å². The van der Waals surface area contributed by atoms with Gasteiger partial charge in [0.25, 0.3) is 0 Å². The Morgan fingerprint density at radius 1 is 1.33 bits per heavy atom. The summed E-state index contributed by atoms with van der Waals surface area (Å²) >= 11 is 0. The van der Waals surface area contributed by atoms with Gasteiger partial charge >= 0.3 is 0 Å². The van der Waals surface area contributed by atoms with Gasteiger partial charge in [0.15, 0.2) is 0 Å². The molecule has 0 radical (unpaired) electrons. The maximum absolute atomic E-state index is 12.5. The van der Waals surface area contributed by atoms with Crippen molar-refractivity contribution in [3.8, 4) is 0 Å². The summed E-state index contributed by atoms with van der Waals surface area (Å²) in [6.07, 6.45) is 6.73. The van der Waals surface area contributed by atoms with Crippen LogP contribution in [0.25, 0.3) is 0 Å². The number of hydrogen-bond donors (Lipinski definition) is 0. The number of carbonyl (C=O) groups is 1. The van der Waals surface area contributed by atoms with Gasteiger partial charge in [-0.1, -0.05) is 6.07 Å². The maximum atomic E-state index is 12.5. The van der Waals surface area contributed by atoms with Crippen molar-refractivity contribution >= 4 is 5.91 Å². The Morgan fingerprint density at radius 2 is 2.12 bits per heavy atom. The Kier molecular flexibility index (Phi) is 5.51. The summed E-state index contributed by atoms with van der Waals surface area (Å²) < 4.78 is 5.63. The second kappa shape index (κ2) is 7.62. The Hall–Kier alpha value is -1.46. The highest BCUT2D eigenvalue weighted by Crippen LogP contribution is 2.40. The van der Waals surface area contributed by atoms with E-state index in [9.17, 15) is 4.79 Å². The molecule has 132 valence electrons. The molecule has 0 aliphatic carbocycles. The zero-order valence-corrected chi connectivity index (χ0v) is 14.9. The average molecular weight is 331 g/mol. The normalized spacial score (nSPS) is 23.8. The Morgan fingerprint density at radius 3 is 2.79 bits per heavy atom. The van der Waals surface area contributed by atoms with Crippen LogP contribution in [0.1, 0.15) is 38.3 Å². The number of hydrogen-bond acceptors (Lipinski definition) is 4. The van der Waals surface area contributed by atoms with Crippen LogP contribution in [-0.2, 0) is 16.0 Å². The van der Waals surface area contributed by atoms with E-state index >= 15 is 0 Å². The summed E-state index contributed by atoms with van der Waals surface area (Å²) in [5, 5.41) is 0. The predicted octanol–water partition coefficient (Wildman–Crippen LogP) is 2.12. The van der Waals surface area contributed by atoms with Gasteiger partial charge in [-0.3, -0.25) is 14.7 Å². The highest BCUT2D eigenvalue weighted by Gasteiger charge is 2.46. The molecule has 1 atom stereocenters. The summed E-state index contributed by atoms with van der Waals surface area (Å²) in [5.41, 5.74) is 1.13. The van der Waals surface area contributed by atoms with Crippen LogP contribution in [-0.4, -0.2) is 65.6 Å². The lowest BCUT2D eigenvalue weighted by Gasteiger charge is -2.45. The van der Waals surface area contributed by atoms with Crippen molar-refractivity contribution in [2.24, 2.45) is 0 Å². The number of piperidine rings is 1. The summed E-state index contributed by atoms with van der Waals surface area (Å²) in [5.74, 6) is 0.204. The zero-order chi connectivity index (χ0) is 17.0. The molecular weight excluding hydrogens is 302 g/mol. The van der Waals surface area contributed by atoms with Gasteiger partial charge in [0.05, 0.1) is 13.0 Å². The second-order valence-electron chi connectivity index (χ2n) is 7.07. The van der Waals surface area contributed by atoms with Crippen molar-refractivity contribution in [1.82, 2.24) is 14.8 Å². The number of nitrogens with zero attached hydrogens (tertiary/aromatic N) is 3. The molecule has 2 fully saturated rings.